The summed E-state index contributed by atoms with van der Waals surface area (Å²) in [6.45, 7) is 0. The number of ether oxygens (including phenoxy) is 2. The molecule has 0 aromatic heterocycles. The number of hydrogen-bond donors (Lipinski definition) is 2. The topological polar surface area (TPSA) is 76.7 Å². The van der Waals surface area contributed by atoms with Crippen molar-refractivity contribution in [3.8, 4) is 11.5 Å². The lowest BCUT2D eigenvalue weighted by molar-refractivity contribution is -0.117. The van der Waals surface area contributed by atoms with Crippen molar-refractivity contribution in [2.75, 3.05) is 24.9 Å². The largest absolute Gasteiger partial charge is 0.497 e. The van der Waals surface area contributed by atoms with Crippen molar-refractivity contribution in [3.63, 3.8) is 0 Å². The van der Waals surface area contributed by atoms with E-state index in [-0.39, 0.29) is 11.8 Å². The zero-order valence-electron chi connectivity index (χ0n) is 16.3. The zero-order chi connectivity index (χ0) is 19.9. The molecular formula is C22H26N2O4. The molecule has 3 rings (SSSR count). The molecule has 1 fully saturated rings. The fourth-order valence-corrected chi connectivity index (χ4v) is 3.51. The molecule has 0 bridgehead atoms. The van der Waals surface area contributed by atoms with Crippen LogP contribution < -0.4 is 20.1 Å². The van der Waals surface area contributed by atoms with Crippen LogP contribution in [0.1, 0.15) is 42.5 Å². The van der Waals surface area contributed by atoms with Gasteiger partial charge in [-0.2, -0.15) is 0 Å². The lowest BCUT2D eigenvalue weighted by atomic mass is 10.0. The van der Waals surface area contributed by atoms with E-state index in [0.29, 0.717) is 40.8 Å². The Morgan fingerprint density at radius 3 is 2.32 bits per heavy atom. The van der Waals surface area contributed by atoms with Crippen LogP contribution in [-0.2, 0) is 4.79 Å². The summed E-state index contributed by atoms with van der Waals surface area (Å²) in [5.41, 5.74) is 1.63. The lowest BCUT2D eigenvalue weighted by Gasteiger charge is -2.14. The molecule has 2 amide bonds. The number of anilines is 2. The Morgan fingerprint density at radius 1 is 0.964 bits per heavy atom. The van der Waals surface area contributed by atoms with Gasteiger partial charge in [0.2, 0.25) is 5.91 Å². The Hall–Kier alpha value is -3.02. The lowest BCUT2D eigenvalue weighted by Crippen LogP contribution is -2.16. The van der Waals surface area contributed by atoms with Gasteiger partial charge >= 0.3 is 0 Å². The molecule has 6 heteroatoms. The van der Waals surface area contributed by atoms with Crippen molar-refractivity contribution in [3.05, 3.63) is 48.0 Å². The molecule has 2 aromatic carbocycles. The van der Waals surface area contributed by atoms with Crippen molar-refractivity contribution < 1.29 is 19.1 Å². The van der Waals surface area contributed by atoms with Gasteiger partial charge in [-0.15, -0.1) is 0 Å². The van der Waals surface area contributed by atoms with Gasteiger partial charge in [-0.3, -0.25) is 9.59 Å². The average Bonchev–Trinajstić information content (AvgIpc) is 3.21. The number of methoxy groups -OCH3 is 2. The van der Waals surface area contributed by atoms with Crippen LogP contribution in [-0.4, -0.2) is 26.0 Å². The van der Waals surface area contributed by atoms with Gasteiger partial charge in [0.1, 0.15) is 11.5 Å². The molecule has 2 N–H and O–H groups in total. The fourth-order valence-electron chi connectivity index (χ4n) is 3.51. The number of rotatable bonds is 7. The standard InChI is InChI=1S/C22H26N2O4/c1-27-18-10-7-16(8-11-18)22(26)24-19-14-17(9-12-20(19)28-2)23-21(25)13-15-5-3-4-6-15/h7-12,14-15H,3-6,13H2,1-2H3,(H,23,25)(H,24,26). The van der Waals surface area contributed by atoms with E-state index in [4.69, 9.17) is 9.47 Å². The van der Waals surface area contributed by atoms with Crippen LogP contribution in [0.5, 0.6) is 11.5 Å². The normalized spacial score (nSPS) is 13.8. The summed E-state index contributed by atoms with van der Waals surface area (Å²) in [5, 5.41) is 5.77. The monoisotopic (exact) mass is 382 g/mol. The fraction of sp³-hybridized carbons (Fsp3) is 0.364. The van der Waals surface area contributed by atoms with Crippen molar-refractivity contribution in [1.29, 1.82) is 0 Å². The van der Waals surface area contributed by atoms with E-state index < -0.39 is 0 Å². The summed E-state index contributed by atoms with van der Waals surface area (Å²) < 4.78 is 10.5. The highest BCUT2D eigenvalue weighted by Crippen LogP contribution is 2.30. The first-order chi connectivity index (χ1) is 13.6. The van der Waals surface area contributed by atoms with Crippen LogP contribution in [0, 0.1) is 5.92 Å². The summed E-state index contributed by atoms with van der Waals surface area (Å²) in [6.07, 6.45) is 5.21. The van der Waals surface area contributed by atoms with Crippen LogP contribution in [0.15, 0.2) is 42.5 Å². The SMILES string of the molecule is COc1ccc(C(=O)Nc2cc(NC(=O)CC3CCCC3)ccc2OC)cc1. The molecule has 148 valence electrons. The smallest absolute Gasteiger partial charge is 0.255 e. The molecule has 0 aliphatic heterocycles. The molecule has 0 spiro atoms. The molecular weight excluding hydrogens is 356 g/mol. The molecule has 1 saturated carbocycles. The van der Waals surface area contributed by atoms with Gasteiger partial charge in [0.05, 0.1) is 19.9 Å². The number of carbonyl (C=O) groups excluding carboxylic acids is 2. The van der Waals surface area contributed by atoms with Crippen LogP contribution in [0.2, 0.25) is 0 Å². The average molecular weight is 382 g/mol. The number of nitrogens with one attached hydrogen (secondary N) is 2. The van der Waals surface area contributed by atoms with E-state index in [1.165, 1.54) is 20.0 Å². The van der Waals surface area contributed by atoms with Gasteiger partial charge in [0.15, 0.2) is 0 Å². The molecule has 2 aromatic rings. The molecule has 0 atom stereocenters. The minimum atomic E-state index is -0.268. The number of benzene rings is 2. The second-order valence-electron chi connectivity index (χ2n) is 7.00. The summed E-state index contributed by atoms with van der Waals surface area (Å²) >= 11 is 0. The third kappa shape index (κ3) is 5.03. The first kappa shape index (κ1) is 19.7. The highest BCUT2D eigenvalue weighted by atomic mass is 16.5. The van der Waals surface area contributed by atoms with E-state index in [2.05, 4.69) is 10.6 Å². The van der Waals surface area contributed by atoms with Gasteiger partial charge in [-0.1, -0.05) is 12.8 Å². The number of hydrogen-bond acceptors (Lipinski definition) is 4. The quantitative estimate of drug-likeness (QED) is 0.740. The minimum absolute atomic E-state index is 0.00416. The van der Waals surface area contributed by atoms with Gasteiger partial charge in [0.25, 0.3) is 5.91 Å². The molecule has 0 radical (unpaired) electrons. The highest BCUT2D eigenvalue weighted by molar-refractivity contribution is 6.05. The Morgan fingerprint density at radius 2 is 1.68 bits per heavy atom. The Labute approximate surface area is 165 Å². The van der Waals surface area contributed by atoms with Crippen LogP contribution in [0.3, 0.4) is 0 Å². The predicted molar refractivity (Wildman–Crippen MR) is 109 cm³/mol. The first-order valence-electron chi connectivity index (χ1n) is 9.52. The maximum absolute atomic E-state index is 12.6. The van der Waals surface area contributed by atoms with Crippen molar-refractivity contribution in [1.82, 2.24) is 0 Å². The summed E-state index contributed by atoms with van der Waals surface area (Å²) in [4.78, 5) is 24.8. The molecule has 6 nitrogen and oxygen atoms in total. The third-order valence-electron chi connectivity index (χ3n) is 5.03. The minimum Gasteiger partial charge on any atom is -0.497 e. The molecule has 28 heavy (non-hydrogen) atoms. The number of amides is 2. The summed E-state index contributed by atoms with van der Waals surface area (Å²) in [7, 11) is 3.11. The van der Waals surface area contributed by atoms with Crippen LogP contribution in [0.25, 0.3) is 0 Å². The summed E-state index contributed by atoms with van der Waals surface area (Å²) in [6, 6.07) is 12.1. The van der Waals surface area contributed by atoms with Gasteiger partial charge < -0.3 is 20.1 Å². The maximum Gasteiger partial charge on any atom is 0.255 e. The molecule has 0 saturated heterocycles. The predicted octanol–water partition coefficient (Wildman–Crippen LogP) is 4.47. The van der Waals surface area contributed by atoms with Gasteiger partial charge in [-0.05, 0) is 61.2 Å². The maximum atomic E-state index is 12.6. The van der Waals surface area contributed by atoms with Crippen molar-refractivity contribution in [2.45, 2.75) is 32.1 Å². The summed E-state index contributed by atoms with van der Waals surface area (Å²) in [5.74, 6) is 1.42. The van der Waals surface area contributed by atoms with E-state index in [1.54, 1.807) is 49.6 Å². The highest BCUT2D eigenvalue weighted by Gasteiger charge is 2.19. The second-order valence-corrected chi connectivity index (χ2v) is 7.00. The Kier molecular flexibility index (Phi) is 6.53. The molecule has 1 aliphatic rings. The van der Waals surface area contributed by atoms with Crippen LogP contribution >= 0.6 is 0 Å². The van der Waals surface area contributed by atoms with Crippen molar-refractivity contribution in [2.24, 2.45) is 5.92 Å². The molecule has 0 heterocycles. The number of carbonyl (C=O) groups is 2. The zero-order valence-corrected chi connectivity index (χ0v) is 16.3. The Bertz CT molecular complexity index is 827. The van der Waals surface area contributed by atoms with E-state index >= 15 is 0 Å². The Balaban J connectivity index is 1.69. The first-order valence-corrected chi connectivity index (χ1v) is 9.52. The van der Waals surface area contributed by atoms with E-state index in [0.717, 1.165) is 12.8 Å². The van der Waals surface area contributed by atoms with Gasteiger partial charge in [-0.25, -0.2) is 0 Å². The van der Waals surface area contributed by atoms with Gasteiger partial charge in [0, 0.05) is 17.7 Å². The van der Waals surface area contributed by atoms with Crippen LogP contribution in [0.4, 0.5) is 11.4 Å². The third-order valence-corrected chi connectivity index (χ3v) is 5.03. The van der Waals surface area contributed by atoms with E-state index in [9.17, 15) is 9.59 Å². The second kappa shape index (κ2) is 9.26. The van der Waals surface area contributed by atoms with E-state index in [1.807, 2.05) is 0 Å². The molecule has 0 unspecified atom stereocenters. The van der Waals surface area contributed by atoms with Crippen molar-refractivity contribution >= 4 is 23.2 Å². The molecule has 1 aliphatic carbocycles.